The number of amides is 3. The highest BCUT2D eigenvalue weighted by molar-refractivity contribution is 6.08. The van der Waals surface area contributed by atoms with Gasteiger partial charge < -0.3 is 58.8 Å². The summed E-state index contributed by atoms with van der Waals surface area (Å²) >= 11 is 0. The first-order valence-corrected chi connectivity index (χ1v) is 27.9. The Morgan fingerprint density at radius 2 is 1.01 bits per heavy atom. The van der Waals surface area contributed by atoms with Crippen molar-refractivity contribution in [2.24, 2.45) is 0 Å². The van der Waals surface area contributed by atoms with Crippen LogP contribution < -0.4 is 21.3 Å². The van der Waals surface area contributed by atoms with E-state index in [1.54, 1.807) is 74.4 Å². The van der Waals surface area contributed by atoms with Crippen LogP contribution in [0.2, 0.25) is 0 Å². The topological polar surface area (TPSA) is 253 Å². The van der Waals surface area contributed by atoms with Gasteiger partial charge in [0.15, 0.2) is 0 Å². The van der Waals surface area contributed by atoms with Crippen LogP contribution in [0.1, 0.15) is 133 Å². The smallest absolute Gasteiger partial charge is 0.425 e. The van der Waals surface area contributed by atoms with Crippen LogP contribution in [0.4, 0.5) is 31.8 Å². The summed E-state index contributed by atoms with van der Waals surface area (Å²) in [6.45, 7) is 31.9. The maximum absolute atomic E-state index is 13.0. The number of nitrogens with zero attached hydrogens (tertiary/aromatic N) is 6. The number of morpholine rings is 3. The number of pyridine rings is 3. The normalized spacial score (nSPS) is 21.0. The molecule has 22 heteroatoms. The zero-order valence-electron chi connectivity index (χ0n) is 48.3. The first-order chi connectivity index (χ1) is 37.6. The van der Waals surface area contributed by atoms with Gasteiger partial charge in [-0.2, -0.15) is 4.90 Å². The molecule has 0 radical (unpaired) electrons. The lowest BCUT2D eigenvalue weighted by atomic mass is 9.96. The molecule has 3 aromatic rings. The number of ether oxygens (including phenoxy) is 9. The van der Waals surface area contributed by atoms with Gasteiger partial charge in [0.25, 0.3) is 0 Å². The van der Waals surface area contributed by atoms with Gasteiger partial charge in [0.2, 0.25) is 0 Å². The molecule has 6 saturated heterocycles. The Labute approximate surface area is 467 Å². The minimum atomic E-state index is -0.821. The van der Waals surface area contributed by atoms with Gasteiger partial charge in [-0.15, -0.1) is 0 Å². The van der Waals surface area contributed by atoms with Crippen molar-refractivity contribution in [3.8, 4) is 0 Å². The van der Waals surface area contributed by atoms with Gasteiger partial charge in [-0.25, -0.2) is 29.3 Å². The number of anilines is 3. The van der Waals surface area contributed by atoms with Gasteiger partial charge in [0.05, 0.1) is 83.2 Å². The van der Waals surface area contributed by atoms with E-state index in [0.717, 1.165) is 139 Å². The number of carbonyl (C=O) groups is 3. The number of hydrogen-bond donors (Lipinski definition) is 4. The molecule has 0 bridgehead atoms. The molecule has 6 fully saturated rings. The molecule has 79 heavy (non-hydrogen) atoms. The summed E-state index contributed by atoms with van der Waals surface area (Å²) in [7, 11) is 0. The highest BCUT2D eigenvalue weighted by atomic mass is 16.6. The van der Waals surface area contributed by atoms with Gasteiger partial charge in [0.1, 0.15) is 34.3 Å². The Morgan fingerprint density at radius 3 is 1.42 bits per heavy atom. The molecule has 22 nitrogen and oxygen atoms in total. The summed E-state index contributed by atoms with van der Waals surface area (Å²) in [6, 6.07) is 11.2. The van der Waals surface area contributed by atoms with Gasteiger partial charge >= 0.3 is 18.3 Å². The summed E-state index contributed by atoms with van der Waals surface area (Å²) in [6.07, 6.45) is 0.724. The summed E-state index contributed by atoms with van der Waals surface area (Å²) in [4.78, 5) is 57.0. The molecular formula is C57H89N9O13. The second kappa shape index (κ2) is 30.6. The minimum absolute atomic E-state index is 0.171. The van der Waals surface area contributed by atoms with Crippen LogP contribution in [-0.4, -0.2) is 183 Å². The lowest BCUT2D eigenvalue weighted by molar-refractivity contribution is 0.0334. The van der Waals surface area contributed by atoms with Crippen molar-refractivity contribution in [3.05, 3.63) is 70.2 Å². The van der Waals surface area contributed by atoms with Crippen LogP contribution in [0.5, 0.6) is 0 Å². The van der Waals surface area contributed by atoms with Crippen molar-refractivity contribution in [2.75, 3.05) is 135 Å². The molecule has 3 aromatic heterocycles. The maximum atomic E-state index is 13.0. The quantitative estimate of drug-likeness (QED) is 0.147. The molecule has 3 unspecified atom stereocenters. The average molecular weight is 1110 g/mol. The van der Waals surface area contributed by atoms with Crippen molar-refractivity contribution in [1.29, 1.82) is 0 Å². The molecule has 6 aliphatic heterocycles. The van der Waals surface area contributed by atoms with E-state index in [1.807, 2.05) is 18.2 Å². The summed E-state index contributed by atoms with van der Waals surface area (Å²) < 4.78 is 48.5. The van der Waals surface area contributed by atoms with Crippen molar-refractivity contribution >= 4 is 35.7 Å². The van der Waals surface area contributed by atoms with E-state index in [1.165, 1.54) is 5.56 Å². The Morgan fingerprint density at radius 1 is 0.582 bits per heavy atom. The number of nitrogen functional groups attached to an aromatic ring is 1. The van der Waals surface area contributed by atoms with Crippen LogP contribution in [0, 0.1) is 0 Å². The van der Waals surface area contributed by atoms with E-state index < -0.39 is 35.1 Å². The molecule has 5 N–H and O–H groups in total. The molecule has 3 amide bonds. The minimum Gasteiger partial charge on any atom is -0.444 e. The molecule has 9 rings (SSSR count). The number of rotatable bonds is 10. The number of nitrogens with one attached hydrogen (secondary N) is 2. The Kier molecular flexibility index (Phi) is 24.4. The predicted molar refractivity (Wildman–Crippen MR) is 298 cm³/mol. The molecule has 0 aromatic carbocycles. The number of nitrogens with two attached hydrogens (primary N) is 1. The fourth-order valence-electron chi connectivity index (χ4n) is 9.31. The fourth-order valence-corrected chi connectivity index (χ4v) is 9.31. The Bertz CT molecular complexity index is 2320. The second-order valence-corrected chi connectivity index (χ2v) is 23.1. The number of aliphatic hydroxyl groups is 1. The van der Waals surface area contributed by atoms with Crippen LogP contribution in [-0.2, 0) is 62.3 Å². The van der Waals surface area contributed by atoms with E-state index in [0.29, 0.717) is 62.8 Å². The zero-order chi connectivity index (χ0) is 57.0. The summed E-state index contributed by atoms with van der Waals surface area (Å²) in [5, 5.41) is 15.2. The number of hydrogen-bond acceptors (Lipinski definition) is 20. The van der Waals surface area contributed by atoms with E-state index in [4.69, 9.17) is 53.3 Å². The summed E-state index contributed by atoms with van der Waals surface area (Å²) in [5.74, 6) is 2.13. The molecule has 0 spiro atoms. The molecule has 6 aliphatic rings. The third-order valence-electron chi connectivity index (χ3n) is 13.1. The first kappa shape index (κ1) is 63.0. The van der Waals surface area contributed by atoms with Crippen LogP contribution in [0.3, 0.4) is 0 Å². The SMILES string of the molecule is C1COCCN1.CC(C)(C)OC(=O)N(C(=O)OC(C)(C)C)c1ccc(C2CCOC2)c(CN2CCOCC2)n1.CC(C)(C)OC(=O)Nc1ccc(C2CCOC2)c(CO)n1.Nc1ccc(C2CCOC2)c(CN2CCOCC2)n1. The lowest BCUT2D eigenvalue weighted by Gasteiger charge is -2.30. The predicted octanol–water partition coefficient (Wildman–Crippen LogP) is 7.13. The molecular weight excluding hydrogens is 1020 g/mol. The maximum Gasteiger partial charge on any atom is 0.425 e. The molecule has 3 atom stereocenters. The highest BCUT2D eigenvalue weighted by Gasteiger charge is 2.35. The molecule has 0 saturated carbocycles. The Hall–Kier alpha value is -5.14. The largest absolute Gasteiger partial charge is 0.444 e. The van der Waals surface area contributed by atoms with Crippen molar-refractivity contribution in [2.45, 2.75) is 136 Å². The number of aromatic nitrogens is 3. The molecule has 0 aliphatic carbocycles. The summed E-state index contributed by atoms with van der Waals surface area (Å²) in [5.41, 5.74) is 9.57. The van der Waals surface area contributed by atoms with Crippen LogP contribution in [0.25, 0.3) is 0 Å². The third kappa shape index (κ3) is 21.7. The first-order valence-electron chi connectivity index (χ1n) is 27.9. The third-order valence-corrected chi connectivity index (χ3v) is 13.1. The zero-order valence-corrected chi connectivity index (χ0v) is 48.3. The number of carbonyl (C=O) groups excluding carboxylic acids is 3. The molecule has 440 valence electrons. The van der Waals surface area contributed by atoms with Gasteiger partial charge in [-0.3, -0.25) is 15.1 Å². The monoisotopic (exact) mass is 1110 g/mol. The number of imide groups is 1. The van der Waals surface area contributed by atoms with Crippen LogP contribution >= 0.6 is 0 Å². The van der Waals surface area contributed by atoms with E-state index in [9.17, 15) is 19.5 Å². The van der Waals surface area contributed by atoms with Crippen LogP contribution in [0.15, 0.2) is 36.4 Å². The van der Waals surface area contributed by atoms with Gasteiger partial charge in [-0.05, 0) is 116 Å². The van der Waals surface area contributed by atoms with E-state index in [-0.39, 0.29) is 24.3 Å². The van der Waals surface area contributed by atoms with Crippen molar-refractivity contribution in [3.63, 3.8) is 0 Å². The second-order valence-electron chi connectivity index (χ2n) is 23.1. The highest BCUT2D eigenvalue weighted by Crippen LogP contribution is 2.33. The van der Waals surface area contributed by atoms with Crippen molar-refractivity contribution in [1.82, 2.24) is 30.1 Å². The number of aliphatic hydroxyl groups excluding tert-OH is 1. The van der Waals surface area contributed by atoms with Gasteiger partial charge in [0, 0.05) is 89.9 Å². The van der Waals surface area contributed by atoms with E-state index >= 15 is 0 Å². The Balaban J connectivity index is 0.000000189. The molecule has 9 heterocycles. The van der Waals surface area contributed by atoms with Crippen molar-refractivity contribution < 1.29 is 62.1 Å². The lowest BCUT2D eigenvalue weighted by Crippen LogP contribution is -2.44. The fraction of sp³-hybridized carbons (Fsp3) is 0.684. The van der Waals surface area contributed by atoms with E-state index in [2.05, 4.69) is 36.5 Å². The average Bonchev–Trinajstić information content (AvgIpc) is 4.29. The van der Waals surface area contributed by atoms with Gasteiger partial charge in [-0.1, -0.05) is 18.2 Å². The standard InChI is InChI=1S/C24H37N3O6.C15H22N2O4.C14H21N3O2.C4H9NO/c1-23(2,3)32-21(28)27(22(29)33-24(4,5)6)20-8-7-18(17-9-12-31-16-17)19(25-20)15-26-10-13-30-14-11-26;1-15(2,3)21-14(19)17-13-5-4-11(12(8-18)16-13)10-6-7-20-9-10;15-14-2-1-12(11-3-6-19-10-11)13(16-14)9-17-4-7-18-8-5-17;1-3-6-4-2-5-1/h7-8,17H,9-16H2,1-6H3;4-5,10,18H,6-9H2,1-3H3,(H,16,17,19);1-2,11H,3-10H2,(H2,15,16);5H,1-4H2.